The lowest BCUT2D eigenvalue weighted by Crippen LogP contribution is -2.46. The first-order chi connectivity index (χ1) is 19.9. The molecular formula is C33H35F2N3O4. The molecular weight excluding hydrogens is 540 g/mol. The van der Waals surface area contributed by atoms with Crippen LogP contribution in [0.25, 0.3) is 5.65 Å². The molecule has 220 valence electrons. The number of rotatable bonds is 7. The summed E-state index contributed by atoms with van der Waals surface area (Å²) in [5.74, 6) is -1.20. The Bertz CT molecular complexity index is 1640. The molecule has 7 nitrogen and oxygen atoms in total. The van der Waals surface area contributed by atoms with E-state index < -0.39 is 23.3 Å². The Balaban J connectivity index is 1.38. The molecule has 2 aromatic carbocycles. The number of hydrogen-bond acceptors (Lipinski definition) is 5. The van der Waals surface area contributed by atoms with E-state index in [2.05, 4.69) is 4.98 Å². The summed E-state index contributed by atoms with van der Waals surface area (Å²) < 4.78 is 41.6. The van der Waals surface area contributed by atoms with Gasteiger partial charge in [-0.1, -0.05) is 24.3 Å². The van der Waals surface area contributed by atoms with Crippen LogP contribution in [0.3, 0.4) is 0 Å². The molecule has 1 aliphatic heterocycles. The van der Waals surface area contributed by atoms with Gasteiger partial charge in [0.05, 0.1) is 16.9 Å². The van der Waals surface area contributed by atoms with Crippen LogP contribution in [0.4, 0.5) is 19.3 Å². The topological polar surface area (TPSA) is 73.1 Å². The third-order valence-electron chi connectivity index (χ3n) is 7.35. The lowest BCUT2D eigenvalue weighted by molar-refractivity contribution is 0.0556. The Morgan fingerprint density at radius 2 is 1.76 bits per heavy atom. The van der Waals surface area contributed by atoms with Crippen LogP contribution >= 0.6 is 0 Å². The number of aryl methyl sites for hydroxylation is 3. The van der Waals surface area contributed by atoms with Crippen LogP contribution in [0.5, 0.6) is 5.75 Å². The van der Waals surface area contributed by atoms with Gasteiger partial charge in [-0.15, -0.1) is 0 Å². The number of ether oxygens (including phenoxy) is 2. The number of pyridine rings is 1. The molecule has 0 saturated carbocycles. The summed E-state index contributed by atoms with van der Waals surface area (Å²) >= 11 is 0. The molecule has 0 fully saturated rings. The van der Waals surface area contributed by atoms with Gasteiger partial charge in [0, 0.05) is 18.7 Å². The van der Waals surface area contributed by atoms with Gasteiger partial charge in [-0.2, -0.15) is 0 Å². The van der Waals surface area contributed by atoms with Crippen molar-refractivity contribution in [1.82, 2.24) is 9.38 Å². The Labute approximate surface area is 244 Å². The van der Waals surface area contributed by atoms with Gasteiger partial charge < -0.3 is 9.47 Å². The molecule has 42 heavy (non-hydrogen) atoms. The maximum absolute atomic E-state index is 14.2. The lowest BCUT2D eigenvalue weighted by atomic mass is 9.92. The Morgan fingerprint density at radius 1 is 1.05 bits per heavy atom. The minimum atomic E-state index is -0.695. The van der Waals surface area contributed by atoms with E-state index in [0.29, 0.717) is 35.6 Å². The molecule has 1 aliphatic rings. The SMILES string of the molecule is Cc1cc(OCc2c(F)cccc2F)c2nc(C)c(C(=O)CCC3CCc4ccccc4N3C(=O)OC(C)(C)C)n2c1. The van der Waals surface area contributed by atoms with Crippen LogP contribution in [-0.2, 0) is 17.8 Å². The van der Waals surface area contributed by atoms with Crippen molar-refractivity contribution in [3.63, 3.8) is 0 Å². The molecule has 5 rings (SSSR count). The van der Waals surface area contributed by atoms with Gasteiger partial charge >= 0.3 is 6.09 Å². The van der Waals surface area contributed by atoms with Gasteiger partial charge in [-0.3, -0.25) is 14.1 Å². The van der Waals surface area contributed by atoms with Gasteiger partial charge in [0.15, 0.2) is 17.2 Å². The normalized spacial score (nSPS) is 15.0. The average molecular weight is 576 g/mol. The molecule has 0 bridgehead atoms. The predicted octanol–water partition coefficient (Wildman–Crippen LogP) is 7.53. The number of aromatic nitrogens is 2. The van der Waals surface area contributed by atoms with Crippen LogP contribution in [0, 0.1) is 25.5 Å². The number of ketones is 1. The molecule has 2 aromatic heterocycles. The highest BCUT2D eigenvalue weighted by Crippen LogP contribution is 2.34. The first-order valence-corrected chi connectivity index (χ1v) is 14.1. The second kappa shape index (κ2) is 11.5. The summed E-state index contributed by atoms with van der Waals surface area (Å²) in [6, 6.07) is 13.0. The van der Waals surface area contributed by atoms with E-state index in [0.717, 1.165) is 23.2 Å². The number of nitrogens with zero attached hydrogens (tertiary/aromatic N) is 3. The van der Waals surface area contributed by atoms with E-state index in [4.69, 9.17) is 9.47 Å². The smallest absolute Gasteiger partial charge is 0.415 e. The molecule has 9 heteroatoms. The van der Waals surface area contributed by atoms with Crippen LogP contribution < -0.4 is 9.64 Å². The van der Waals surface area contributed by atoms with E-state index in [9.17, 15) is 18.4 Å². The number of amides is 1. The van der Waals surface area contributed by atoms with Crippen LogP contribution in [0.1, 0.15) is 72.9 Å². The zero-order chi connectivity index (χ0) is 30.2. The number of para-hydroxylation sites is 1. The summed E-state index contributed by atoms with van der Waals surface area (Å²) in [6.07, 6.45) is 3.50. The zero-order valence-electron chi connectivity index (χ0n) is 24.5. The largest absolute Gasteiger partial charge is 0.485 e. The monoisotopic (exact) mass is 575 g/mol. The third kappa shape index (κ3) is 6.00. The highest BCUT2D eigenvalue weighted by molar-refractivity contribution is 5.97. The van der Waals surface area contributed by atoms with E-state index in [1.807, 2.05) is 52.0 Å². The second-order valence-corrected chi connectivity index (χ2v) is 11.7. The highest BCUT2D eigenvalue weighted by atomic mass is 19.1. The molecule has 0 N–H and O–H groups in total. The summed E-state index contributed by atoms with van der Waals surface area (Å²) in [5, 5.41) is 0. The maximum Gasteiger partial charge on any atom is 0.415 e. The standard InChI is InChI=1S/C33H35F2N3O4/c1-20-17-29(41-19-24-25(34)10-8-11-26(24)35)31-36-21(2)30(37(31)18-20)28(39)16-15-23-14-13-22-9-6-7-12-27(22)38(23)32(40)42-33(3,4)5/h6-12,17-18,23H,13-16,19H2,1-5H3. The quantitative estimate of drug-likeness (QED) is 0.213. The van der Waals surface area contributed by atoms with Crippen molar-refractivity contribution in [3.05, 3.63) is 94.4 Å². The zero-order valence-corrected chi connectivity index (χ0v) is 24.5. The molecule has 3 heterocycles. The second-order valence-electron chi connectivity index (χ2n) is 11.7. The first-order valence-electron chi connectivity index (χ1n) is 14.1. The number of anilines is 1. The van der Waals surface area contributed by atoms with Crippen molar-refractivity contribution in [2.24, 2.45) is 0 Å². The molecule has 0 aliphatic carbocycles. The fourth-order valence-electron chi connectivity index (χ4n) is 5.47. The number of imidazole rings is 1. The minimum Gasteiger partial charge on any atom is -0.485 e. The number of hydrogen-bond donors (Lipinski definition) is 0. The minimum absolute atomic E-state index is 0.125. The van der Waals surface area contributed by atoms with Gasteiger partial charge in [-0.25, -0.2) is 18.6 Å². The van der Waals surface area contributed by atoms with Crippen molar-refractivity contribution in [3.8, 4) is 5.75 Å². The summed E-state index contributed by atoms with van der Waals surface area (Å²) in [7, 11) is 0. The maximum atomic E-state index is 14.2. The fraction of sp³-hybridized carbons (Fsp3) is 0.364. The van der Waals surface area contributed by atoms with E-state index in [1.54, 1.807) is 28.5 Å². The molecule has 4 aromatic rings. The van der Waals surface area contributed by atoms with E-state index in [1.165, 1.54) is 18.2 Å². The number of carbonyl (C=O) groups excluding carboxylic acids is 2. The summed E-state index contributed by atoms with van der Waals surface area (Å²) in [4.78, 5) is 33.3. The Hall–Kier alpha value is -4.27. The Morgan fingerprint density at radius 3 is 2.48 bits per heavy atom. The average Bonchev–Trinajstić information content (AvgIpc) is 3.25. The number of benzene rings is 2. The molecule has 1 unspecified atom stereocenters. The van der Waals surface area contributed by atoms with Crippen LogP contribution in [-0.4, -0.2) is 32.9 Å². The van der Waals surface area contributed by atoms with Crippen LogP contribution in [0.15, 0.2) is 54.7 Å². The van der Waals surface area contributed by atoms with Crippen molar-refractivity contribution in [1.29, 1.82) is 0 Å². The number of halogens is 2. The fourth-order valence-corrected chi connectivity index (χ4v) is 5.47. The van der Waals surface area contributed by atoms with Crippen molar-refractivity contribution >= 4 is 23.2 Å². The first kappa shape index (κ1) is 29.2. The molecule has 1 atom stereocenters. The molecule has 0 saturated heterocycles. The van der Waals surface area contributed by atoms with E-state index in [-0.39, 0.29) is 30.4 Å². The van der Waals surface area contributed by atoms with Gasteiger partial charge in [-0.05, 0) is 89.3 Å². The summed E-state index contributed by atoms with van der Waals surface area (Å²) in [5.41, 5.74) is 3.15. The van der Waals surface area contributed by atoms with Crippen molar-refractivity contribution in [2.75, 3.05) is 4.90 Å². The molecule has 0 radical (unpaired) electrons. The van der Waals surface area contributed by atoms with E-state index >= 15 is 0 Å². The summed E-state index contributed by atoms with van der Waals surface area (Å²) in [6.45, 7) is 8.77. The van der Waals surface area contributed by atoms with Crippen LogP contribution in [0.2, 0.25) is 0 Å². The molecule has 0 spiro atoms. The number of Topliss-reactive ketones (excluding diaryl/α,β-unsaturated/α-hetero) is 1. The van der Waals surface area contributed by atoms with Crippen molar-refractivity contribution < 1.29 is 27.8 Å². The van der Waals surface area contributed by atoms with Gasteiger partial charge in [0.25, 0.3) is 0 Å². The third-order valence-corrected chi connectivity index (χ3v) is 7.35. The predicted molar refractivity (Wildman–Crippen MR) is 156 cm³/mol. The molecule has 1 amide bonds. The number of fused-ring (bicyclic) bond motifs is 2. The number of carbonyl (C=O) groups is 2. The van der Waals surface area contributed by atoms with Gasteiger partial charge in [0.2, 0.25) is 0 Å². The van der Waals surface area contributed by atoms with Gasteiger partial charge in [0.1, 0.15) is 29.5 Å². The Kier molecular flexibility index (Phi) is 8.03. The van der Waals surface area contributed by atoms with Crippen molar-refractivity contribution in [2.45, 2.75) is 78.6 Å². The lowest BCUT2D eigenvalue weighted by Gasteiger charge is -2.38. The highest BCUT2D eigenvalue weighted by Gasteiger charge is 2.34.